The largest absolute Gasteiger partial charge is 0.465 e. The van der Waals surface area contributed by atoms with Crippen molar-refractivity contribution in [3.05, 3.63) is 0 Å². The summed E-state index contributed by atoms with van der Waals surface area (Å²) in [5.74, 6) is 4.18. The average molecular weight is 459 g/mol. The molecule has 5 unspecified atom stereocenters. The molecule has 33 heavy (non-hydrogen) atoms. The lowest BCUT2D eigenvalue weighted by atomic mass is 9.42. The highest BCUT2D eigenvalue weighted by atomic mass is 16.6. The Morgan fingerprint density at radius 3 is 2.24 bits per heavy atom. The minimum absolute atomic E-state index is 0.00983. The normalized spacial score (nSPS) is 43.2. The molecular formula is C29H46O4. The van der Waals surface area contributed by atoms with Crippen LogP contribution in [0.4, 0.5) is 0 Å². The molecule has 0 amide bonds. The van der Waals surface area contributed by atoms with Crippen LogP contribution in [0.5, 0.6) is 0 Å². The number of unbranched alkanes of at least 4 members (excludes halogenated alkanes) is 1. The highest BCUT2D eigenvalue weighted by Crippen LogP contribution is 2.69. The number of rotatable bonds is 9. The molecule has 6 saturated carbocycles. The van der Waals surface area contributed by atoms with Crippen molar-refractivity contribution >= 4 is 11.9 Å². The van der Waals surface area contributed by atoms with E-state index in [0.717, 1.165) is 37.0 Å². The van der Waals surface area contributed by atoms with Gasteiger partial charge in [-0.25, -0.2) is 0 Å². The molecule has 0 aromatic rings. The average Bonchev–Trinajstić information content (AvgIpc) is 3.39. The first-order valence-corrected chi connectivity index (χ1v) is 14.0. The molecular weight excluding hydrogens is 412 g/mol. The predicted molar refractivity (Wildman–Crippen MR) is 128 cm³/mol. The van der Waals surface area contributed by atoms with Crippen molar-refractivity contribution in [2.75, 3.05) is 6.61 Å². The first-order valence-electron chi connectivity index (χ1n) is 14.0. The molecule has 0 saturated heterocycles. The topological polar surface area (TPSA) is 52.6 Å². The van der Waals surface area contributed by atoms with Crippen LogP contribution in [-0.4, -0.2) is 24.1 Å². The minimum Gasteiger partial charge on any atom is -0.465 e. The molecule has 6 bridgehead atoms. The van der Waals surface area contributed by atoms with Gasteiger partial charge in [-0.2, -0.15) is 0 Å². The van der Waals surface area contributed by atoms with Crippen LogP contribution in [-0.2, 0) is 19.1 Å². The second kappa shape index (κ2) is 8.55. The van der Waals surface area contributed by atoms with E-state index in [0.29, 0.717) is 36.2 Å². The Balaban J connectivity index is 1.21. The molecule has 0 aromatic heterocycles. The molecule has 186 valence electrons. The number of esters is 2. The first-order chi connectivity index (χ1) is 15.6. The number of fused-ring (bicyclic) bond motifs is 2. The van der Waals surface area contributed by atoms with Crippen LogP contribution in [0.2, 0.25) is 0 Å². The standard InChI is InChI=1S/C29H46O4/c1-5-27(2,3)26(31)32-11-7-6-8-25(30)33-29(24-15-19-9-10-21(24)12-19)22-13-20-14-23(29)18-28(4,16-20)17-22/h19-24H,5-18H2,1-4H3. The Morgan fingerprint density at radius 1 is 0.939 bits per heavy atom. The van der Waals surface area contributed by atoms with Crippen LogP contribution in [0.25, 0.3) is 0 Å². The summed E-state index contributed by atoms with van der Waals surface area (Å²) < 4.78 is 12.2. The van der Waals surface area contributed by atoms with E-state index in [9.17, 15) is 9.59 Å². The molecule has 4 heteroatoms. The summed E-state index contributed by atoms with van der Waals surface area (Å²) in [5.41, 5.74) is -0.118. The van der Waals surface area contributed by atoms with E-state index in [1.54, 1.807) is 0 Å². The summed E-state index contributed by atoms with van der Waals surface area (Å²) in [5, 5.41) is 0. The fourth-order valence-electron chi connectivity index (χ4n) is 9.16. The summed E-state index contributed by atoms with van der Waals surface area (Å²) in [6.07, 6.45) is 14.6. The van der Waals surface area contributed by atoms with Gasteiger partial charge in [0, 0.05) is 24.2 Å². The molecule has 0 heterocycles. The Morgan fingerprint density at radius 2 is 1.67 bits per heavy atom. The monoisotopic (exact) mass is 458 g/mol. The van der Waals surface area contributed by atoms with Crippen LogP contribution in [0.15, 0.2) is 0 Å². The van der Waals surface area contributed by atoms with Gasteiger partial charge in [0.15, 0.2) is 0 Å². The number of ether oxygens (including phenoxy) is 2. The maximum absolute atomic E-state index is 13.3. The molecule has 0 spiro atoms. The SMILES string of the molecule is CCC(C)(C)C(=O)OCCCCC(=O)OC1(C2CC3CCC2C3)C2CC3CC1CC(C)(C3)C2. The molecule has 4 nitrogen and oxygen atoms in total. The van der Waals surface area contributed by atoms with Gasteiger partial charge in [0.05, 0.1) is 12.0 Å². The lowest BCUT2D eigenvalue weighted by Crippen LogP contribution is -2.66. The van der Waals surface area contributed by atoms with Gasteiger partial charge < -0.3 is 9.47 Å². The van der Waals surface area contributed by atoms with Crippen molar-refractivity contribution < 1.29 is 19.1 Å². The van der Waals surface area contributed by atoms with Crippen LogP contribution < -0.4 is 0 Å². The molecule has 6 fully saturated rings. The summed E-state index contributed by atoms with van der Waals surface area (Å²) >= 11 is 0. The number of carbonyl (C=O) groups excluding carboxylic acids is 2. The van der Waals surface area contributed by atoms with Crippen molar-refractivity contribution in [2.45, 2.75) is 117 Å². The predicted octanol–water partition coefficient (Wildman–Crippen LogP) is 6.70. The van der Waals surface area contributed by atoms with E-state index in [1.165, 1.54) is 57.8 Å². The molecule has 5 atom stereocenters. The lowest BCUT2D eigenvalue weighted by molar-refractivity contribution is -0.248. The third-order valence-electron chi connectivity index (χ3n) is 10.8. The Hall–Kier alpha value is -1.06. The summed E-state index contributed by atoms with van der Waals surface area (Å²) in [6, 6.07) is 0. The van der Waals surface area contributed by atoms with Gasteiger partial charge >= 0.3 is 11.9 Å². The smallest absolute Gasteiger partial charge is 0.311 e. The van der Waals surface area contributed by atoms with E-state index in [-0.39, 0.29) is 17.5 Å². The van der Waals surface area contributed by atoms with Gasteiger partial charge in [0.1, 0.15) is 5.60 Å². The molecule has 0 N–H and O–H groups in total. The van der Waals surface area contributed by atoms with E-state index < -0.39 is 5.41 Å². The first kappa shape index (κ1) is 23.7. The van der Waals surface area contributed by atoms with Crippen LogP contribution in [0.3, 0.4) is 0 Å². The van der Waals surface area contributed by atoms with Gasteiger partial charge in [-0.1, -0.05) is 20.3 Å². The highest BCUT2D eigenvalue weighted by molar-refractivity contribution is 5.75. The van der Waals surface area contributed by atoms with Crippen molar-refractivity contribution in [1.82, 2.24) is 0 Å². The lowest BCUT2D eigenvalue weighted by Gasteiger charge is -2.66. The fourth-order valence-corrected chi connectivity index (χ4v) is 9.16. The zero-order valence-electron chi connectivity index (χ0n) is 21.5. The zero-order chi connectivity index (χ0) is 23.4. The van der Waals surface area contributed by atoms with Gasteiger partial charge in [-0.3, -0.25) is 9.59 Å². The Kier molecular flexibility index (Phi) is 6.14. The second-order valence-corrected chi connectivity index (χ2v) is 13.6. The fraction of sp³-hybridized carbons (Fsp3) is 0.931. The molecule has 0 radical (unpaired) electrons. The summed E-state index contributed by atoms with van der Waals surface area (Å²) in [6.45, 7) is 8.76. The van der Waals surface area contributed by atoms with Crippen molar-refractivity contribution in [1.29, 1.82) is 0 Å². The number of carbonyl (C=O) groups is 2. The Bertz CT molecular complexity index is 754. The minimum atomic E-state index is -0.428. The quantitative estimate of drug-likeness (QED) is 0.285. The zero-order valence-corrected chi connectivity index (χ0v) is 21.5. The third-order valence-corrected chi connectivity index (χ3v) is 10.8. The molecule has 6 aliphatic carbocycles. The van der Waals surface area contributed by atoms with E-state index in [1.807, 2.05) is 20.8 Å². The highest BCUT2D eigenvalue weighted by Gasteiger charge is 2.67. The molecule has 6 aliphatic rings. The third kappa shape index (κ3) is 4.16. The van der Waals surface area contributed by atoms with Crippen molar-refractivity contribution in [3.8, 4) is 0 Å². The van der Waals surface area contributed by atoms with Gasteiger partial charge in [-0.15, -0.1) is 0 Å². The van der Waals surface area contributed by atoms with Crippen LogP contribution in [0.1, 0.15) is 111 Å². The number of hydrogen-bond donors (Lipinski definition) is 0. The van der Waals surface area contributed by atoms with Crippen molar-refractivity contribution in [3.63, 3.8) is 0 Å². The summed E-state index contributed by atoms with van der Waals surface area (Å²) in [4.78, 5) is 25.4. The van der Waals surface area contributed by atoms with E-state index in [4.69, 9.17) is 9.47 Å². The maximum atomic E-state index is 13.3. The Labute approximate surface area is 200 Å². The van der Waals surface area contributed by atoms with Crippen LogP contribution >= 0.6 is 0 Å². The maximum Gasteiger partial charge on any atom is 0.311 e. The molecule has 6 rings (SSSR count). The second-order valence-electron chi connectivity index (χ2n) is 13.6. The number of hydrogen-bond acceptors (Lipinski definition) is 4. The van der Waals surface area contributed by atoms with Gasteiger partial charge in [0.2, 0.25) is 0 Å². The van der Waals surface area contributed by atoms with Crippen LogP contribution in [0, 0.1) is 46.3 Å². The van der Waals surface area contributed by atoms with Gasteiger partial charge in [-0.05, 0) is 108 Å². The molecule has 0 aromatic carbocycles. The van der Waals surface area contributed by atoms with Gasteiger partial charge in [0.25, 0.3) is 0 Å². The van der Waals surface area contributed by atoms with E-state index in [2.05, 4.69) is 6.92 Å². The van der Waals surface area contributed by atoms with Crippen molar-refractivity contribution in [2.24, 2.45) is 46.3 Å². The molecule has 0 aliphatic heterocycles. The summed E-state index contributed by atoms with van der Waals surface area (Å²) in [7, 11) is 0. The van der Waals surface area contributed by atoms with E-state index >= 15 is 0 Å².